The summed E-state index contributed by atoms with van der Waals surface area (Å²) in [5, 5.41) is 5.77. The Bertz CT molecular complexity index is 352. The fourth-order valence-corrected chi connectivity index (χ4v) is 1.31. The highest BCUT2D eigenvalue weighted by molar-refractivity contribution is 5.32. The Kier molecular flexibility index (Phi) is 4.27. The molecule has 1 aromatic carbocycles. The van der Waals surface area contributed by atoms with Crippen LogP contribution in [0.2, 0.25) is 0 Å². The Morgan fingerprint density at radius 2 is 1.77 bits per heavy atom. The summed E-state index contributed by atoms with van der Waals surface area (Å²) in [6, 6.07) is 8.47. The lowest BCUT2D eigenvalue weighted by Gasteiger charge is -1.91. The predicted molar refractivity (Wildman–Crippen MR) is 58.8 cm³/mol. The molecule has 1 aromatic rings. The summed E-state index contributed by atoms with van der Waals surface area (Å²) in [5.74, 6) is 0. The van der Waals surface area contributed by atoms with E-state index in [1.54, 1.807) is 0 Å². The second kappa shape index (κ2) is 5.55. The van der Waals surface area contributed by atoms with Gasteiger partial charge in [0.1, 0.15) is 0 Å². The summed E-state index contributed by atoms with van der Waals surface area (Å²) < 4.78 is 0. The molecule has 70 valence electrons. The average Bonchev–Trinajstić information content (AvgIpc) is 2.17. The highest BCUT2D eigenvalue weighted by atomic mass is 14.8. The number of rotatable bonds is 3. The van der Waals surface area contributed by atoms with Crippen LogP contribution in [-0.2, 0) is 0 Å². The van der Waals surface area contributed by atoms with Crippen molar-refractivity contribution in [2.45, 2.75) is 13.3 Å². The van der Waals surface area contributed by atoms with E-state index in [4.69, 9.17) is 0 Å². The second-order valence-corrected chi connectivity index (χ2v) is 3.00. The molecule has 0 fully saturated rings. The summed E-state index contributed by atoms with van der Waals surface area (Å²) in [6.45, 7) is 3.09. The molecule has 13 heavy (non-hydrogen) atoms. The minimum atomic E-state index is 0.925. The quantitative estimate of drug-likeness (QED) is 0.719. The summed E-state index contributed by atoms with van der Waals surface area (Å²) in [7, 11) is 1.96. The third-order valence-corrected chi connectivity index (χ3v) is 1.95. The van der Waals surface area contributed by atoms with Crippen molar-refractivity contribution < 1.29 is 0 Å². The van der Waals surface area contributed by atoms with Crippen LogP contribution in [0.3, 0.4) is 0 Å². The average molecular weight is 175 g/mol. The number of hydrogen-bond donors (Lipinski definition) is 1. The first-order valence-electron chi connectivity index (χ1n) is 4.78. The molecule has 1 N–H and O–H groups in total. The molecule has 0 saturated carbocycles. The van der Waals surface area contributed by atoms with Gasteiger partial charge in [0.25, 0.3) is 0 Å². The van der Waals surface area contributed by atoms with E-state index in [1.165, 1.54) is 10.4 Å². The normalized spacial score (nSPS) is 13.7. The minimum absolute atomic E-state index is 0.925. The van der Waals surface area contributed by atoms with Gasteiger partial charge in [0.2, 0.25) is 0 Å². The van der Waals surface area contributed by atoms with Crippen LogP contribution in [-0.4, -0.2) is 13.6 Å². The monoisotopic (exact) mass is 175 g/mol. The van der Waals surface area contributed by atoms with E-state index in [0.717, 1.165) is 13.0 Å². The maximum Gasteiger partial charge on any atom is 0.0140 e. The molecule has 0 aromatic heterocycles. The Morgan fingerprint density at radius 3 is 2.31 bits per heavy atom. The lowest BCUT2D eigenvalue weighted by atomic mass is 10.2. The number of benzene rings is 1. The maximum atomic E-state index is 3.12. The smallest absolute Gasteiger partial charge is 0.0140 e. The topological polar surface area (TPSA) is 12.0 Å². The van der Waals surface area contributed by atoms with Gasteiger partial charge in [-0.1, -0.05) is 43.3 Å². The molecule has 0 unspecified atom stereocenters. The minimum Gasteiger partial charge on any atom is -0.316 e. The molecule has 0 atom stereocenters. The van der Waals surface area contributed by atoms with Crippen LogP contribution < -0.4 is 15.8 Å². The van der Waals surface area contributed by atoms with Gasteiger partial charge in [-0.3, -0.25) is 0 Å². The lowest BCUT2D eigenvalue weighted by molar-refractivity contribution is 0.944. The standard InChI is InChI=1S/C12H17N/c1-3-6-11-7-4-5-8-12(11)9-10-13-2/h4-9,13H,3,10H2,1-2H3/b11-6-,12-9-. The zero-order valence-corrected chi connectivity index (χ0v) is 8.38. The number of hydrogen-bond acceptors (Lipinski definition) is 1. The molecule has 0 aliphatic rings. The van der Waals surface area contributed by atoms with Crippen molar-refractivity contribution in [3.63, 3.8) is 0 Å². The highest BCUT2D eigenvalue weighted by Gasteiger charge is 1.82. The van der Waals surface area contributed by atoms with Crippen LogP contribution in [0.25, 0.3) is 12.2 Å². The van der Waals surface area contributed by atoms with Crippen LogP contribution in [0.4, 0.5) is 0 Å². The third-order valence-electron chi connectivity index (χ3n) is 1.95. The summed E-state index contributed by atoms with van der Waals surface area (Å²) >= 11 is 0. The molecular weight excluding hydrogens is 158 g/mol. The molecular formula is C12H17N. The summed E-state index contributed by atoms with van der Waals surface area (Å²) in [6.07, 6.45) is 5.55. The van der Waals surface area contributed by atoms with Crippen molar-refractivity contribution >= 4 is 12.2 Å². The Labute approximate surface area is 79.8 Å². The van der Waals surface area contributed by atoms with Gasteiger partial charge in [-0.25, -0.2) is 0 Å². The summed E-state index contributed by atoms with van der Waals surface area (Å²) in [5.41, 5.74) is 0. The van der Waals surface area contributed by atoms with E-state index < -0.39 is 0 Å². The second-order valence-electron chi connectivity index (χ2n) is 3.00. The van der Waals surface area contributed by atoms with Crippen molar-refractivity contribution in [2.75, 3.05) is 13.6 Å². The van der Waals surface area contributed by atoms with Gasteiger partial charge >= 0.3 is 0 Å². The molecule has 0 bridgehead atoms. The molecule has 0 radical (unpaired) electrons. The Balaban J connectivity index is 3.12. The highest BCUT2D eigenvalue weighted by Crippen LogP contribution is 1.76. The molecule has 0 heterocycles. The zero-order valence-electron chi connectivity index (χ0n) is 8.38. The maximum absolute atomic E-state index is 3.12. The van der Waals surface area contributed by atoms with Crippen molar-refractivity contribution in [1.29, 1.82) is 0 Å². The first-order valence-corrected chi connectivity index (χ1v) is 4.78. The van der Waals surface area contributed by atoms with Crippen molar-refractivity contribution in [3.8, 4) is 0 Å². The van der Waals surface area contributed by atoms with Gasteiger partial charge in [0.15, 0.2) is 0 Å². The molecule has 0 saturated heterocycles. The van der Waals surface area contributed by atoms with Crippen LogP contribution in [0.1, 0.15) is 13.3 Å². The summed E-state index contributed by atoms with van der Waals surface area (Å²) in [4.78, 5) is 0. The molecule has 0 spiro atoms. The fourth-order valence-electron chi connectivity index (χ4n) is 1.31. The van der Waals surface area contributed by atoms with Gasteiger partial charge in [-0.15, -0.1) is 0 Å². The SMILES string of the molecule is CC/C=c1/cccc/c1=C/CNC. The molecule has 1 heteroatoms. The van der Waals surface area contributed by atoms with E-state index in [0.29, 0.717) is 0 Å². The van der Waals surface area contributed by atoms with E-state index in [-0.39, 0.29) is 0 Å². The molecule has 0 aliphatic heterocycles. The third kappa shape index (κ3) is 3.03. The van der Waals surface area contributed by atoms with Crippen molar-refractivity contribution in [1.82, 2.24) is 5.32 Å². The first kappa shape index (κ1) is 10.0. The molecule has 1 rings (SSSR count). The van der Waals surface area contributed by atoms with Crippen LogP contribution in [0.5, 0.6) is 0 Å². The van der Waals surface area contributed by atoms with Crippen LogP contribution >= 0.6 is 0 Å². The lowest BCUT2D eigenvalue weighted by Crippen LogP contribution is -2.25. The molecule has 0 amide bonds. The Morgan fingerprint density at radius 1 is 1.15 bits per heavy atom. The largest absolute Gasteiger partial charge is 0.316 e. The van der Waals surface area contributed by atoms with Crippen LogP contribution in [0.15, 0.2) is 24.3 Å². The Hall–Kier alpha value is -1.08. The number of nitrogens with one attached hydrogen (secondary N) is 1. The van der Waals surface area contributed by atoms with E-state index in [9.17, 15) is 0 Å². The van der Waals surface area contributed by atoms with Gasteiger partial charge in [-0.2, -0.15) is 0 Å². The van der Waals surface area contributed by atoms with Crippen molar-refractivity contribution in [2.24, 2.45) is 0 Å². The van der Waals surface area contributed by atoms with Crippen LogP contribution in [0, 0.1) is 0 Å². The fraction of sp³-hybridized carbons (Fsp3) is 0.333. The van der Waals surface area contributed by atoms with E-state index in [2.05, 4.69) is 48.7 Å². The molecule has 1 nitrogen and oxygen atoms in total. The molecule has 0 aliphatic carbocycles. The predicted octanol–water partition coefficient (Wildman–Crippen LogP) is 0.877. The van der Waals surface area contributed by atoms with Gasteiger partial charge in [0, 0.05) is 6.54 Å². The van der Waals surface area contributed by atoms with Crippen molar-refractivity contribution in [3.05, 3.63) is 34.7 Å². The van der Waals surface area contributed by atoms with E-state index in [1.807, 2.05) is 7.05 Å². The zero-order chi connectivity index (χ0) is 9.52. The van der Waals surface area contributed by atoms with Gasteiger partial charge < -0.3 is 5.32 Å². The first-order chi connectivity index (χ1) is 6.38. The van der Waals surface area contributed by atoms with Gasteiger partial charge in [0.05, 0.1) is 0 Å². The van der Waals surface area contributed by atoms with E-state index >= 15 is 0 Å². The van der Waals surface area contributed by atoms with Gasteiger partial charge in [-0.05, 0) is 23.9 Å².